The van der Waals surface area contributed by atoms with E-state index in [-0.39, 0.29) is 0 Å². The Balaban J connectivity index is 2.73. The highest BCUT2D eigenvalue weighted by Gasteiger charge is 2.29. The minimum absolute atomic E-state index is 0.325. The summed E-state index contributed by atoms with van der Waals surface area (Å²) in [5.41, 5.74) is 0.325. The van der Waals surface area contributed by atoms with Crippen molar-refractivity contribution in [3.63, 3.8) is 0 Å². The molecular formula is C15H30N4. The molecule has 0 saturated carbocycles. The predicted octanol–water partition coefficient (Wildman–Crippen LogP) is 2.94. The maximum absolute atomic E-state index is 4.41. The topological polar surface area (TPSA) is 42.7 Å². The molecule has 0 aliphatic rings. The van der Waals surface area contributed by atoms with E-state index in [1.54, 1.807) is 6.33 Å². The van der Waals surface area contributed by atoms with Gasteiger partial charge in [0.1, 0.15) is 12.2 Å². The summed E-state index contributed by atoms with van der Waals surface area (Å²) >= 11 is 0. The van der Waals surface area contributed by atoms with Crippen LogP contribution in [-0.2, 0) is 13.5 Å². The van der Waals surface area contributed by atoms with Gasteiger partial charge in [0.15, 0.2) is 0 Å². The van der Waals surface area contributed by atoms with Crippen molar-refractivity contribution >= 4 is 0 Å². The summed E-state index contributed by atoms with van der Waals surface area (Å²) in [5.74, 6) is 1.11. The van der Waals surface area contributed by atoms with Crippen LogP contribution in [0.15, 0.2) is 6.33 Å². The summed E-state index contributed by atoms with van der Waals surface area (Å²) in [5, 5.41) is 7.81. The first-order chi connectivity index (χ1) is 9.17. The third kappa shape index (κ3) is 4.94. The lowest BCUT2D eigenvalue weighted by molar-refractivity contribution is 0.222. The predicted molar refractivity (Wildman–Crippen MR) is 80.1 cm³/mol. The zero-order valence-corrected chi connectivity index (χ0v) is 13.1. The average molecular weight is 266 g/mol. The second-order valence-corrected chi connectivity index (χ2v) is 5.61. The van der Waals surface area contributed by atoms with Crippen molar-refractivity contribution in [1.82, 2.24) is 20.1 Å². The molecule has 1 N–H and O–H groups in total. The van der Waals surface area contributed by atoms with Gasteiger partial charge in [-0.05, 0) is 31.2 Å². The lowest BCUT2D eigenvalue weighted by atomic mass is 9.77. The van der Waals surface area contributed by atoms with Crippen LogP contribution in [0.3, 0.4) is 0 Å². The smallest absolute Gasteiger partial charge is 0.138 e. The van der Waals surface area contributed by atoms with Gasteiger partial charge in [0.05, 0.1) is 0 Å². The summed E-state index contributed by atoms with van der Waals surface area (Å²) in [4.78, 5) is 4.41. The highest BCUT2D eigenvalue weighted by molar-refractivity contribution is 4.94. The molecule has 0 bridgehead atoms. The molecule has 1 rings (SSSR count). The van der Waals surface area contributed by atoms with Gasteiger partial charge in [-0.1, -0.05) is 33.6 Å². The van der Waals surface area contributed by atoms with Gasteiger partial charge >= 0.3 is 0 Å². The molecule has 0 fully saturated rings. The monoisotopic (exact) mass is 266 g/mol. The second-order valence-electron chi connectivity index (χ2n) is 5.61. The molecule has 1 aromatic heterocycles. The van der Waals surface area contributed by atoms with Crippen molar-refractivity contribution in [3.05, 3.63) is 12.2 Å². The van der Waals surface area contributed by atoms with Gasteiger partial charge in [0, 0.05) is 20.0 Å². The molecule has 0 amide bonds. The van der Waals surface area contributed by atoms with Crippen LogP contribution in [0.4, 0.5) is 0 Å². The summed E-state index contributed by atoms with van der Waals surface area (Å²) in [6.07, 6.45) is 8.89. The van der Waals surface area contributed by atoms with E-state index in [1.807, 2.05) is 11.7 Å². The number of rotatable bonds is 10. The third-order valence-corrected chi connectivity index (χ3v) is 4.08. The maximum Gasteiger partial charge on any atom is 0.138 e. The molecule has 0 radical (unpaired) electrons. The van der Waals surface area contributed by atoms with Crippen LogP contribution in [0.25, 0.3) is 0 Å². The van der Waals surface area contributed by atoms with Crippen LogP contribution >= 0.6 is 0 Å². The SMILES string of the molecule is CCCCC(CC)(CNCCC)Cc1ncnn1C. The Labute approximate surface area is 118 Å². The van der Waals surface area contributed by atoms with Gasteiger partial charge in [0.25, 0.3) is 0 Å². The first-order valence-corrected chi connectivity index (χ1v) is 7.71. The molecule has 1 aromatic rings. The molecule has 0 saturated heterocycles. The van der Waals surface area contributed by atoms with Crippen LogP contribution in [0, 0.1) is 5.41 Å². The highest BCUT2D eigenvalue weighted by Crippen LogP contribution is 2.31. The normalized spacial score (nSPS) is 14.5. The van der Waals surface area contributed by atoms with Crippen molar-refractivity contribution in [2.24, 2.45) is 12.5 Å². The Hall–Kier alpha value is -0.900. The largest absolute Gasteiger partial charge is 0.316 e. The molecule has 0 aromatic carbocycles. The molecule has 19 heavy (non-hydrogen) atoms. The summed E-state index contributed by atoms with van der Waals surface area (Å²) in [6, 6.07) is 0. The molecule has 110 valence electrons. The quantitative estimate of drug-likeness (QED) is 0.662. The number of nitrogens with one attached hydrogen (secondary N) is 1. The zero-order chi connectivity index (χ0) is 14.1. The summed E-state index contributed by atoms with van der Waals surface area (Å²) < 4.78 is 1.91. The van der Waals surface area contributed by atoms with E-state index in [2.05, 4.69) is 36.2 Å². The molecular weight excluding hydrogens is 236 g/mol. The van der Waals surface area contributed by atoms with Gasteiger partial charge in [-0.15, -0.1) is 0 Å². The number of hydrogen-bond donors (Lipinski definition) is 1. The molecule has 1 atom stereocenters. The fourth-order valence-electron chi connectivity index (χ4n) is 2.56. The van der Waals surface area contributed by atoms with Crippen molar-refractivity contribution in [3.8, 4) is 0 Å². The second kappa shape index (κ2) is 8.31. The molecule has 0 aliphatic carbocycles. The Morgan fingerprint density at radius 2 is 2.05 bits per heavy atom. The molecule has 1 heterocycles. The molecule has 0 spiro atoms. The highest BCUT2D eigenvalue weighted by atomic mass is 15.3. The fourth-order valence-corrected chi connectivity index (χ4v) is 2.56. The Bertz CT molecular complexity index is 348. The van der Waals surface area contributed by atoms with Crippen molar-refractivity contribution in [1.29, 1.82) is 0 Å². The number of unbranched alkanes of at least 4 members (excludes halogenated alkanes) is 1. The van der Waals surface area contributed by atoms with Gasteiger partial charge < -0.3 is 5.32 Å². The van der Waals surface area contributed by atoms with Crippen LogP contribution in [0.1, 0.15) is 58.7 Å². The Kier molecular flexibility index (Phi) is 7.06. The number of nitrogens with zero attached hydrogens (tertiary/aromatic N) is 3. The maximum atomic E-state index is 4.41. The van der Waals surface area contributed by atoms with E-state index in [9.17, 15) is 0 Å². The molecule has 4 nitrogen and oxygen atoms in total. The number of aryl methyl sites for hydroxylation is 1. The molecule has 1 unspecified atom stereocenters. The fraction of sp³-hybridized carbons (Fsp3) is 0.867. The van der Waals surface area contributed by atoms with E-state index >= 15 is 0 Å². The van der Waals surface area contributed by atoms with E-state index in [4.69, 9.17) is 0 Å². The summed E-state index contributed by atoms with van der Waals surface area (Å²) in [7, 11) is 1.99. The van der Waals surface area contributed by atoms with Crippen molar-refractivity contribution < 1.29 is 0 Å². The number of hydrogen-bond acceptors (Lipinski definition) is 3. The first kappa shape index (κ1) is 16.2. The van der Waals surface area contributed by atoms with Gasteiger partial charge in [-0.25, -0.2) is 4.98 Å². The van der Waals surface area contributed by atoms with Crippen molar-refractivity contribution in [2.75, 3.05) is 13.1 Å². The minimum atomic E-state index is 0.325. The third-order valence-electron chi connectivity index (χ3n) is 4.08. The lowest BCUT2D eigenvalue weighted by Gasteiger charge is -2.33. The van der Waals surface area contributed by atoms with Gasteiger partial charge in [0.2, 0.25) is 0 Å². The standard InChI is InChI=1S/C15H30N4/c1-5-8-9-15(7-3,12-16-10-6-2)11-14-17-13-18-19(14)4/h13,16H,5-12H2,1-4H3. The number of aromatic nitrogens is 3. The van der Waals surface area contributed by atoms with Crippen molar-refractivity contribution in [2.45, 2.75) is 59.3 Å². The zero-order valence-electron chi connectivity index (χ0n) is 13.1. The molecule has 0 aliphatic heterocycles. The van der Waals surface area contributed by atoms with E-state index in [1.165, 1.54) is 32.1 Å². The van der Waals surface area contributed by atoms with Crippen LogP contribution in [0.2, 0.25) is 0 Å². The lowest BCUT2D eigenvalue weighted by Crippen LogP contribution is -2.37. The van der Waals surface area contributed by atoms with E-state index in [0.717, 1.165) is 25.3 Å². The summed E-state index contributed by atoms with van der Waals surface area (Å²) in [6.45, 7) is 8.98. The van der Waals surface area contributed by atoms with Gasteiger partial charge in [-0.3, -0.25) is 4.68 Å². The Morgan fingerprint density at radius 3 is 2.58 bits per heavy atom. The minimum Gasteiger partial charge on any atom is -0.316 e. The molecule has 4 heteroatoms. The van der Waals surface area contributed by atoms with E-state index in [0.29, 0.717) is 5.41 Å². The van der Waals surface area contributed by atoms with Crippen LogP contribution in [0.5, 0.6) is 0 Å². The van der Waals surface area contributed by atoms with Gasteiger partial charge in [-0.2, -0.15) is 5.10 Å². The Morgan fingerprint density at radius 1 is 1.26 bits per heavy atom. The average Bonchev–Trinajstić information content (AvgIpc) is 2.81. The van der Waals surface area contributed by atoms with Crippen LogP contribution in [-0.4, -0.2) is 27.9 Å². The van der Waals surface area contributed by atoms with Crippen LogP contribution < -0.4 is 5.32 Å². The van der Waals surface area contributed by atoms with E-state index < -0.39 is 0 Å². The first-order valence-electron chi connectivity index (χ1n) is 7.71.